The van der Waals surface area contributed by atoms with E-state index in [1.165, 1.54) is 0 Å². The van der Waals surface area contributed by atoms with Gasteiger partial charge in [0.15, 0.2) is 34.6 Å². The van der Waals surface area contributed by atoms with E-state index in [1.807, 2.05) is 0 Å². The van der Waals surface area contributed by atoms with Gasteiger partial charge in [0.2, 0.25) is 0 Å². The van der Waals surface area contributed by atoms with E-state index in [0.717, 1.165) is 0 Å². The average Bonchev–Trinajstić information content (AvgIpc) is 2.53. The molecule has 148 valence electrons. The fourth-order valence-corrected chi connectivity index (χ4v) is 2.00. The van der Waals surface area contributed by atoms with Crippen molar-refractivity contribution < 1.29 is 37.0 Å². The third-order valence-corrected chi connectivity index (χ3v) is 3.17. The van der Waals surface area contributed by atoms with Crippen LogP contribution < -0.4 is 0 Å². The molecule has 0 aliphatic heterocycles. The van der Waals surface area contributed by atoms with Crippen LogP contribution in [-0.2, 0) is 4.74 Å². The number of hydrogen-bond acceptors (Lipinski definition) is 5. The van der Waals surface area contributed by atoms with Gasteiger partial charge >= 0.3 is 11.9 Å². The maximum atomic E-state index is 14.1. The Morgan fingerprint density at radius 1 is 0.821 bits per heavy atom. The van der Waals surface area contributed by atoms with Crippen molar-refractivity contribution in [3.05, 3.63) is 58.7 Å². The van der Waals surface area contributed by atoms with Crippen molar-refractivity contribution in [2.24, 2.45) is 10.2 Å². The minimum atomic E-state index is -1.57. The highest BCUT2D eigenvalue weighted by Gasteiger charge is 2.21. The lowest BCUT2D eigenvalue weighted by Gasteiger charge is -2.19. The van der Waals surface area contributed by atoms with Gasteiger partial charge in [0.25, 0.3) is 0 Å². The summed E-state index contributed by atoms with van der Waals surface area (Å²) in [6.07, 6.45) is 0. The van der Waals surface area contributed by atoms with Gasteiger partial charge in [0.05, 0.1) is 11.1 Å². The van der Waals surface area contributed by atoms with Gasteiger partial charge in [-0.15, -0.1) is 10.2 Å². The molecule has 0 saturated carbocycles. The number of nitrogens with zero attached hydrogens (tertiary/aromatic N) is 2. The molecule has 1 N–H and O–H groups in total. The van der Waals surface area contributed by atoms with E-state index in [1.54, 1.807) is 20.8 Å². The smallest absolute Gasteiger partial charge is 0.338 e. The second kappa shape index (κ2) is 7.75. The lowest BCUT2D eigenvalue weighted by molar-refractivity contribution is 0.00683. The predicted octanol–water partition coefficient (Wildman–Crippen LogP) is 5.31. The quantitative estimate of drug-likeness (QED) is 0.429. The highest BCUT2D eigenvalue weighted by atomic mass is 19.1. The van der Waals surface area contributed by atoms with Crippen LogP contribution >= 0.6 is 0 Å². The second-order valence-corrected chi connectivity index (χ2v) is 6.58. The number of rotatable bonds is 4. The van der Waals surface area contributed by atoms with Gasteiger partial charge in [-0.1, -0.05) is 0 Å². The van der Waals surface area contributed by atoms with Crippen molar-refractivity contribution in [1.29, 1.82) is 0 Å². The molecule has 0 fully saturated rings. The van der Waals surface area contributed by atoms with Crippen LogP contribution in [0.4, 0.5) is 28.9 Å². The van der Waals surface area contributed by atoms with Gasteiger partial charge in [0.1, 0.15) is 5.60 Å². The van der Waals surface area contributed by atoms with E-state index in [2.05, 4.69) is 10.2 Å². The lowest BCUT2D eigenvalue weighted by atomic mass is 10.1. The Kier molecular flexibility index (Phi) is 5.81. The molecule has 0 aliphatic rings. The molecule has 6 nitrogen and oxygen atoms in total. The molecule has 0 atom stereocenters. The fourth-order valence-electron chi connectivity index (χ4n) is 2.00. The number of carboxylic acid groups (broad SMARTS) is 1. The van der Waals surface area contributed by atoms with Crippen molar-refractivity contribution in [2.45, 2.75) is 26.4 Å². The van der Waals surface area contributed by atoms with Crippen molar-refractivity contribution in [2.75, 3.05) is 0 Å². The summed E-state index contributed by atoms with van der Waals surface area (Å²) in [5, 5.41) is 15.0. The Morgan fingerprint density at radius 2 is 1.18 bits per heavy atom. The van der Waals surface area contributed by atoms with Crippen LogP contribution in [0.3, 0.4) is 0 Å². The zero-order chi connectivity index (χ0) is 21.2. The van der Waals surface area contributed by atoms with Crippen LogP contribution in [0.5, 0.6) is 0 Å². The number of halogens is 4. The molecule has 2 rings (SSSR count). The standard InChI is InChI=1S/C18H14F4N2O4/c1-18(2,3)28-17(27)9-6-12(21)15(13(22)7-9)24-23-14-10(19)4-8(16(25)26)5-11(14)20/h4-7H,1-3H3,(H,25,26). The van der Waals surface area contributed by atoms with Gasteiger partial charge < -0.3 is 9.84 Å². The molecule has 0 heterocycles. The molecule has 10 heteroatoms. The number of azo groups is 1. The number of carboxylic acids is 1. The number of hydrogen-bond donors (Lipinski definition) is 1. The topological polar surface area (TPSA) is 88.3 Å². The molecule has 0 aromatic heterocycles. The first-order valence-corrected chi connectivity index (χ1v) is 7.75. The van der Waals surface area contributed by atoms with Crippen LogP contribution in [0.15, 0.2) is 34.5 Å². The Balaban J connectivity index is 2.38. The summed E-state index contributed by atoms with van der Waals surface area (Å²) in [4.78, 5) is 22.6. The van der Waals surface area contributed by atoms with Crippen molar-refractivity contribution in [3.8, 4) is 0 Å². The Hall–Kier alpha value is -3.30. The van der Waals surface area contributed by atoms with Gasteiger partial charge in [-0.2, -0.15) is 0 Å². The Morgan fingerprint density at radius 3 is 1.50 bits per heavy atom. The third kappa shape index (κ3) is 4.90. The number of aromatic carboxylic acids is 1. The van der Waals surface area contributed by atoms with Crippen LogP contribution in [0, 0.1) is 23.3 Å². The SMILES string of the molecule is CC(C)(C)OC(=O)c1cc(F)c(N=Nc2c(F)cc(C(=O)O)cc2F)c(F)c1. The average molecular weight is 398 g/mol. The minimum Gasteiger partial charge on any atom is -0.478 e. The van der Waals surface area contributed by atoms with Crippen LogP contribution in [0.25, 0.3) is 0 Å². The van der Waals surface area contributed by atoms with Crippen molar-refractivity contribution in [3.63, 3.8) is 0 Å². The van der Waals surface area contributed by atoms with Crippen molar-refractivity contribution >= 4 is 23.3 Å². The molecule has 0 amide bonds. The molecule has 0 bridgehead atoms. The van der Waals surface area contributed by atoms with Crippen LogP contribution in [0.2, 0.25) is 0 Å². The van der Waals surface area contributed by atoms with E-state index < -0.39 is 63.3 Å². The first kappa shape index (κ1) is 21.0. The van der Waals surface area contributed by atoms with E-state index in [4.69, 9.17) is 9.84 Å². The third-order valence-electron chi connectivity index (χ3n) is 3.17. The molecule has 0 saturated heterocycles. The van der Waals surface area contributed by atoms with Crippen LogP contribution in [0.1, 0.15) is 41.5 Å². The van der Waals surface area contributed by atoms with Gasteiger partial charge in [-0.3, -0.25) is 0 Å². The number of benzene rings is 2. The highest BCUT2D eigenvalue weighted by Crippen LogP contribution is 2.30. The summed E-state index contributed by atoms with van der Waals surface area (Å²) < 4.78 is 60.8. The molecular formula is C18H14F4N2O4. The Bertz CT molecular complexity index is 938. The number of carbonyl (C=O) groups is 2. The normalized spacial score (nSPS) is 11.7. The molecule has 0 spiro atoms. The minimum absolute atomic E-state index is 0.424. The summed E-state index contributed by atoms with van der Waals surface area (Å²) in [5.41, 5.74) is -4.01. The largest absolute Gasteiger partial charge is 0.478 e. The summed E-state index contributed by atoms with van der Waals surface area (Å²) in [7, 11) is 0. The molecule has 0 aliphatic carbocycles. The zero-order valence-electron chi connectivity index (χ0n) is 14.9. The first-order valence-electron chi connectivity index (χ1n) is 7.75. The molecule has 2 aromatic rings. The molecule has 2 aromatic carbocycles. The molecular weight excluding hydrogens is 384 g/mol. The fraction of sp³-hybridized carbons (Fsp3) is 0.222. The molecule has 0 radical (unpaired) electrons. The molecule has 28 heavy (non-hydrogen) atoms. The maximum absolute atomic E-state index is 14.1. The van der Waals surface area contributed by atoms with Gasteiger partial charge in [-0.25, -0.2) is 27.2 Å². The van der Waals surface area contributed by atoms with E-state index in [9.17, 15) is 27.2 Å². The maximum Gasteiger partial charge on any atom is 0.338 e. The van der Waals surface area contributed by atoms with Gasteiger partial charge in [0, 0.05) is 0 Å². The van der Waals surface area contributed by atoms with Gasteiger partial charge in [-0.05, 0) is 45.0 Å². The summed E-state index contributed by atoms with van der Waals surface area (Å²) >= 11 is 0. The van der Waals surface area contributed by atoms with E-state index in [0.29, 0.717) is 24.3 Å². The number of ether oxygens (including phenoxy) is 1. The Labute approximate surface area is 156 Å². The summed E-state index contributed by atoms with van der Waals surface area (Å²) in [5.74, 6) is -7.94. The zero-order valence-corrected chi connectivity index (χ0v) is 14.9. The number of carbonyl (C=O) groups excluding carboxylic acids is 1. The van der Waals surface area contributed by atoms with E-state index >= 15 is 0 Å². The highest BCUT2D eigenvalue weighted by molar-refractivity contribution is 5.90. The van der Waals surface area contributed by atoms with E-state index in [-0.39, 0.29) is 0 Å². The van der Waals surface area contributed by atoms with Crippen molar-refractivity contribution in [1.82, 2.24) is 0 Å². The monoisotopic (exact) mass is 398 g/mol. The lowest BCUT2D eigenvalue weighted by Crippen LogP contribution is -2.24. The summed E-state index contributed by atoms with van der Waals surface area (Å²) in [6.45, 7) is 4.71. The second-order valence-electron chi connectivity index (χ2n) is 6.58. The first-order chi connectivity index (χ1) is 12.9. The number of esters is 1. The molecule has 0 unspecified atom stereocenters. The van der Waals surface area contributed by atoms with Crippen LogP contribution in [-0.4, -0.2) is 22.6 Å². The summed E-state index contributed by atoms with van der Waals surface area (Å²) in [6, 6.07) is 2.26. The predicted molar refractivity (Wildman–Crippen MR) is 89.0 cm³/mol.